The summed E-state index contributed by atoms with van der Waals surface area (Å²) in [6, 6.07) is 0. The van der Waals surface area contributed by atoms with Gasteiger partial charge in [0.05, 0.1) is 6.61 Å². The Hall–Kier alpha value is 0.160. The Kier molecular flexibility index (Phi) is 3.77. The molecule has 0 aliphatic carbocycles. The topological polar surface area (TPSA) is 46.6 Å². The number of sulfonamides is 1. The maximum absolute atomic E-state index is 11.2. The molecule has 0 unspecified atom stereocenters. The Morgan fingerprint density at radius 1 is 1.33 bits per heavy atom. The van der Waals surface area contributed by atoms with Crippen LogP contribution in [0.2, 0.25) is 0 Å². The highest BCUT2D eigenvalue weighted by Crippen LogP contribution is 2.07. The lowest BCUT2D eigenvalue weighted by molar-refractivity contribution is 0.148. The van der Waals surface area contributed by atoms with Gasteiger partial charge in [0.15, 0.2) is 0 Å². The number of halogens is 1. The van der Waals surface area contributed by atoms with E-state index in [2.05, 4.69) is 0 Å². The molecular formula is C6H12ClNO3S. The van der Waals surface area contributed by atoms with Gasteiger partial charge in [0.25, 0.3) is 0 Å². The van der Waals surface area contributed by atoms with Crippen LogP contribution in [0.4, 0.5) is 0 Å². The van der Waals surface area contributed by atoms with Crippen LogP contribution < -0.4 is 0 Å². The molecule has 0 aromatic rings. The highest BCUT2D eigenvalue weighted by molar-refractivity contribution is 7.90. The van der Waals surface area contributed by atoms with Crippen LogP contribution in [0.1, 0.15) is 6.42 Å². The summed E-state index contributed by atoms with van der Waals surface area (Å²) in [6.07, 6.45) is 0.746. The molecule has 1 rings (SSSR count). The lowest BCUT2D eigenvalue weighted by Gasteiger charge is -2.16. The van der Waals surface area contributed by atoms with Crippen LogP contribution in [0, 0.1) is 0 Å². The third-order valence-corrected chi connectivity index (χ3v) is 3.97. The van der Waals surface area contributed by atoms with Crippen LogP contribution in [0.3, 0.4) is 0 Å². The van der Waals surface area contributed by atoms with Gasteiger partial charge in [-0.15, -0.1) is 11.6 Å². The van der Waals surface area contributed by atoms with Gasteiger partial charge in [0.2, 0.25) is 10.0 Å². The molecule has 0 radical (unpaired) electrons. The van der Waals surface area contributed by atoms with Crippen LogP contribution in [0.25, 0.3) is 0 Å². The molecule has 72 valence electrons. The fourth-order valence-electron chi connectivity index (χ4n) is 1.07. The molecule has 0 spiro atoms. The van der Waals surface area contributed by atoms with E-state index in [1.165, 1.54) is 4.31 Å². The molecule has 1 heterocycles. The maximum Gasteiger partial charge on any atom is 0.228 e. The summed E-state index contributed by atoms with van der Waals surface area (Å²) >= 11 is 5.31. The van der Waals surface area contributed by atoms with E-state index in [0.717, 1.165) is 6.42 Å². The van der Waals surface area contributed by atoms with E-state index >= 15 is 0 Å². The Morgan fingerprint density at radius 3 is 2.75 bits per heavy atom. The van der Waals surface area contributed by atoms with E-state index < -0.39 is 10.0 Å². The van der Waals surface area contributed by atoms with Gasteiger partial charge in [-0.2, -0.15) is 4.31 Å². The summed E-state index contributed by atoms with van der Waals surface area (Å²) in [7, 11) is -3.23. The largest absolute Gasteiger partial charge is 0.380 e. The lowest BCUT2D eigenvalue weighted by atomic mass is 10.5. The minimum Gasteiger partial charge on any atom is -0.380 e. The summed E-state index contributed by atoms with van der Waals surface area (Å²) in [6.45, 7) is 2.05. The average Bonchev–Trinajstić information content (AvgIpc) is 2.32. The summed E-state index contributed by atoms with van der Waals surface area (Å²) < 4.78 is 29.0. The zero-order valence-corrected chi connectivity index (χ0v) is 8.27. The van der Waals surface area contributed by atoms with Crippen molar-refractivity contribution >= 4 is 21.6 Å². The zero-order valence-electron chi connectivity index (χ0n) is 6.70. The lowest BCUT2D eigenvalue weighted by Crippen LogP contribution is -2.33. The van der Waals surface area contributed by atoms with Crippen molar-refractivity contribution in [3.63, 3.8) is 0 Å². The predicted molar refractivity (Wildman–Crippen MR) is 46.6 cm³/mol. The van der Waals surface area contributed by atoms with Crippen LogP contribution in [-0.2, 0) is 14.8 Å². The number of rotatable bonds is 2. The first-order valence-electron chi connectivity index (χ1n) is 3.78. The van der Waals surface area contributed by atoms with Crippen molar-refractivity contribution in [1.82, 2.24) is 4.31 Å². The molecule has 4 nitrogen and oxygen atoms in total. The van der Waals surface area contributed by atoms with E-state index in [0.29, 0.717) is 26.3 Å². The number of ether oxygens (including phenoxy) is 1. The maximum atomic E-state index is 11.2. The zero-order chi connectivity index (χ0) is 9.03. The van der Waals surface area contributed by atoms with Crippen LogP contribution in [0.15, 0.2) is 0 Å². The average molecular weight is 214 g/mol. The molecule has 1 fully saturated rings. The predicted octanol–water partition coefficient (Wildman–Crippen LogP) is 0.235. The van der Waals surface area contributed by atoms with E-state index in [1.54, 1.807) is 0 Å². The monoisotopic (exact) mass is 213 g/mol. The van der Waals surface area contributed by atoms with Crippen molar-refractivity contribution in [1.29, 1.82) is 0 Å². The summed E-state index contributed by atoms with van der Waals surface area (Å²) in [5.41, 5.74) is 0. The van der Waals surface area contributed by atoms with Crippen LogP contribution in [-0.4, -0.2) is 44.2 Å². The smallest absolute Gasteiger partial charge is 0.228 e. The second-order valence-corrected chi connectivity index (χ2v) is 5.14. The van der Waals surface area contributed by atoms with Crippen LogP contribution >= 0.6 is 11.6 Å². The van der Waals surface area contributed by atoms with Gasteiger partial charge in [-0.25, -0.2) is 8.42 Å². The Morgan fingerprint density at radius 2 is 2.08 bits per heavy atom. The second kappa shape index (κ2) is 4.41. The molecule has 0 N–H and O–H groups in total. The molecule has 1 saturated heterocycles. The Labute approximate surface area is 77.5 Å². The number of nitrogens with zero attached hydrogens (tertiary/aromatic N) is 1. The van der Waals surface area contributed by atoms with Crippen LogP contribution in [0.5, 0.6) is 0 Å². The highest BCUT2D eigenvalue weighted by Gasteiger charge is 2.21. The van der Waals surface area contributed by atoms with Gasteiger partial charge in [-0.3, -0.25) is 0 Å². The molecular weight excluding hydrogens is 202 g/mol. The first-order valence-corrected chi connectivity index (χ1v) is 5.93. The van der Waals surface area contributed by atoms with Gasteiger partial charge in [0.1, 0.15) is 5.21 Å². The molecule has 12 heavy (non-hydrogen) atoms. The summed E-state index contributed by atoms with van der Waals surface area (Å²) in [4.78, 5) is 0. The minimum absolute atomic E-state index is 0.340. The van der Waals surface area contributed by atoms with Crippen molar-refractivity contribution in [3.05, 3.63) is 0 Å². The van der Waals surface area contributed by atoms with E-state index in [-0.39, 0.29) is 5.21 Å². The fourth-order valence-corrected chi connectivity index (χ4v) is 2.38. The van der Waals surface area contributed by atoms with Gasteiger partial charge in [0, 0.05) is 19.7 Å². The fraction of sp³-hybridized carbons (Fsp3) is 1.00. The highest BCUT2D eigenvalue weighted by atomic mass is 35.5. The first kappa shape index (κ1) is 10.2. The SMILES string of the molecule is O=S(=O)(CCl)N1CCCOCC1. The summed E-state index contributed by atoms with van der Waals surface area (Å²) in [5.74, 6) is 0. The van der Waals surface area contributed by atoms with Gasteiger partial charge < -0.3 is 4.74 Å². The molecule has 0 aromatic carbocycles. The van der Waals surface area contributed by atoms with E-state index in [1.807, 2.05) is 0 Å². The quantitative estimate of drug-likeness (QED) is 0.618. The Bertz CT molecular complexity index is 221. The first-order chi connectivity index (χ1) is 5.67. The molecule has 1 aliphatic rings. The third-order valence-electron chi connectivity index (χ3n) is 1.71. The molecule has 0 atom stereocenters. The van der Waals surface area contributed by atoms with Crippen molar-refractivity contribution in [2.45, 2.75) is 6.42 Å². The number of alkyl halides is 1. The molecule has 0 saturated carbocycles. The number of hydrogen-bond donors (Lipinski definition) is 0. The molecule has 0 amide bonds. The minimum atomic E-state index is -3.23. The third kappa shape index (κ3) is 2.58. The molecule has 0 aromatic heterocycles. The van der Waals surface area contributed by atoms with Gasteiger partial charge in [-0.05, 0) is 6.42 Å². The Balaban J connectivity index is 2.60. The number of hydrogen-bond acceptors (Lipinski definition) is 3. The van der Waals surface area contributed by atoms with Crippen molar-refractivity contribution in [2.24, 2.45) is 0 Å². The second-order valence-electron chi connectivity index (χ2n) is 2.59. The molecule has 0 bridgehead atoms. The van der Waals surface area contributed by atoms with Gasteiger partial charge >= 0.3 is 0 Å². The summed E-state index contributed by atoms with van der Waals surface area (Å²) in [5, 5.41) is -0.340. The van der Waals surface area contributed by atoms with Gasteiger partial charge in [-0.1, -0.05) is 0 Å². The standard InChI is InChI=1S/C6H12ClNO3S/c7-6-12(9,10)8-2-1-4-11-5-3-8/h1-6H2. The van der Waals surface area contributed by atoms with Crippen molar-refractivity contribution in [2.75, 3.05) is 31.5 Å². The van der Waals surface area contributed by atoms with Crippen molar-refractivity contribution < 1.29 is 13.2 Å². The van der Waals surface area contributed by atoms with E-state index in [4.69, 9.17) is 16.3 Å². The van der Waals surface area contributed by atoms with Crippen molar-refractivity contribution in [3.8, 4) is 0 Å². The van der Waals surface area contributed by atoms with E-state index in [9.17, 15) is 8.42 Å². The molecule has 6 heteroatoms. The molecule has 1 aliphatic heterocycles. The normalized spacial score (nSPS) is 22.1.